The quantitative estimate of drug-likeness (QED) is 0.466. The fraction of sp³-hybridized carbons (Fsp3) is 0.111. The van der Waals surface area contributed by atoms with E-state index in [2.05, 4.69) is 4.99 Å². The molecule has 0 atom stereocenters. The van der Waals surface area contributed by atoms with Gasteiger partial charge in [-0.15, -0.1) is 11.3 Å². The molecule has 0 spiro atoms. The lowest BCUT2D eigenvalue weighted by Gasteiger charge is -2.09. The number of nitrogens with zero attached hydrogens (tertiary/aromatic N) is 1. The minimum absolute atomic E-state index is 0.0656. The predicted octanol–water partition coefficient (Wildman–Crippen LogP) is 2.94. The third-order valence-corrected chi connectivity index (χ3v) is 3.99. The lowest BCUT2D eigenvalue weighted by atomic mass is 10.1. The first-order valence-electron chi connectivity index (χ1n) is 7.49. The highest BCUT2D eigenvalue weighted by atomic mass is 32.1. The second-order valence-electron chi connectivity index (χ2n) is 5.21. The highest BCUT2D eigenvalue weighted by molar-refractivity contribution is 7.12. The monoisotopic (exact) mass is 371 g/mol. The molecule has 0 bridgehead atoms. The zero-order valence-electron chi connectivity index (χ0n) is 13.8. The van der Waals surface area contributed by atoms with Crippen molar-refractivity contribution in [1.29, 1.82) is 0 Å². The van der Waals surface area contributed by atoms with Crippen molar-refractivity contribution in [2.24, 2.45) is 4.99 Å². The fourth-order valence-corrected chi connectivity index (χ4v) is 2.81. The second-order valence-corrected chi connectivity index (χ2v) is 6.15. The summed E-state index contributed by atoms with van der Waals surface area (Å²) in [6, 6.07) is 8.17. The van der Waals surface area contributed by atoms with Gasteiger partial charge in [-0.05, 0) is 35.2 Å². The predicted molar refractivity (Wildman–Crippen MR) is 94.0 cm³/mol. The average molecular weight is 371 g/mol. The third-order valence-electron chi connectivity index (χ3n) is 3.13. The number of thiophene rings is 1. The minimum Gasteiger partial charge on any atom is -0.423 e. The van der Waals surface area contributed by atoms with Crippen LogP contribution in [0, 0.1) is 0 Å². The molecule has 1 aliphatic rings. The zero-order valence-corrected chi connectivity index (χ0v) is 14.7. The van der Waals surface area contributed by atoms with Gasteiger partial charge in [-0.1, -0.05) is 12.1 Å². The Balaban J connectivity index is 1.93. The van der Waals surface area contributed by atoms with Crippen LogP contribution in [0.1, 0.15) is 24.3 Å². The molecule has 2 heterocycles. The van der Waals surface area contributed by atoms with Crippen LogP contribution in [0.15, 0.2) is 46.4 Å². The van der Waals surface area contributed by atoms with Gasteiger partial charge < -0.3 is 14.2 Å². The second kappa shape index (κ2) is 7.32. The van der Waals surface area contributed by atoms with E-state index in [-0.39, 0.29) is 23.1 Å². The number of cyclic esters (lactones) is 1. The molecule has 0 unspecified atom stereocenters. The van der Waals surface area contributed by atoms with Gasteiger partial charge in [0.15, 0.2) is 17.2 Å². The van der Waals surface area contributed by atoms with Gasteiger partial charge in [0.2, 0.25) is 5.90 Å². The van der Waals surface area contributed by atoms with Crippen LogP contribution in [0.4, 0.5) is 0 Å². The highest BCUT2D eigenvalue weighted by Crippen LogP contribution is 2.30. The van der Waals surface area contributed by atoms with Crippen LogP contribution in [0.5, 0.6) is 11.5 Å². The molecule has 0 amide bonds. The molecule has 1 aliphatic heterocycles. The van der Waals surface area contributed by atoms with Gasteiger partial charge >= 0.3 is 17.9 Å². The fourth-order valence-electron chi connectivity index (χ4n) is 2.16. The molecule has 1 aromatic carbocycles. The average Bonchev–Trinajstić information content (AvgIpc) is 3.19. The van der Waals surface area contributed by atoms with Gasteiger partial charge in [0.1, 0.15) is 0 Å². The molecule has 0 radical (unpaired) electrons. The highest BCUT2D eigenvalue weighted by Gasteiger charge is 2.25. The lowest BCUT2D eigenvalue weighted by Crippen LogP contribution is -2.07. The Labute approximate surface area is 152 Å². The number of rotatable bonds is 4. The Kier molecular flexibility index (Phi) is 4.94. The van der Waals surface area contributed by atoms with E-state index in [0.717, 1.165) is 4.88 Å². The summed E-state index contributed by atoms with van der Waals surface area (Å²) in [6.45, 7) is 2.47. The number of benzene rings is 1. The smallest absolute Gasteiger partial charge is 0.363 e. The number of carbonyl (C=O) groups excluding carboxylic acids is 3. The largest absolute Gasteiger partial charge is 0.423 e. The van der Waals surface area contributed by atoms with E-state index in [9.17, 15) is 14.4 Å². The Bertz CT molecular complexity index is 943. The molecule has 0 saturated carbocycles. The maximum Gasteiger partial charge on any atom is 0.363 e. The molecular weight excluding hydrogens is 358 g/mol. The van der Waals surface area contributed by atoms with Crippen LogP contribution in [0.25, 0.3) is 6.08 Å². The van der Waals surface area contributed by atoms with Crippen LogP contribution >= 0.6 is 11.3 Å². The van der Waals surface area contributed by atoms with Gasteiger partial charge in [-0.2, -0.15) is 0 Å². The summed E-state index contributed by atoms with van der Waals surface area (Å²) < 4.78 is 15.2. The Hall–Kier alpha value is -3.26. The maximum atomic E-state index is 12.0. The van der Waals surface area contributed by atoms with Crippen molar-refractivity contribution in [3.63, 3.8) is 0 Å². The van der Waals surface area contributed by atoms with Crippen molar-refractivity contribution in [2.45, 2.75) is 13.8 Å². The van der Waals surface area contributed by atoms with Crippen LogP contribution in [-0.4, -0.2) is 23.8 Å². The molecule has 7 nitrogen and oxygen atoms in total. The molecule has 0 saturated heterocycles. The molecule has 3 rings (SSSR count). The molecule has 0 fully saturated rings. The molecule has 8 heteroatoms. The topological polar surface area (TPSA) is 91.3 Å². The summed E-state index contributed by atoms with van der Waals surface area (Å²) in [5.41, 5.74) is 0.641. The maximum absolute atomic E-state index is 12.0. The summed E-state index contributed by atoms with van der Waals surface area (Å²) in [7, 11) is 0. The van der Waals surface area contributed by atoms with E-state index in [0.29, 0.717) is 5.56 Å². The van der Waals surface area contributed by atoms with Crippen LogP contribution in [0.2, 0.25) is 0 Å². The number of aliphatic imine (C=N–C) groups is 1. The molecule has 26 heavy (non-hydrogen) atoms. The molecular formula is C18H13NO6S. The number of hydrogen-bond donors (Lipinski definition) is 0. The van der Waals surface area contributed by atoms with E-state index >= 15 is 0 Å². The van der Waals surface area contributed by atoms with Crippen molar-refractivity contribution in [2.75, 3.05) is 0 Å². The molecule has 2 aromatic rings. The van der Waals surface area contributed by atoms with Crippen LogP contribution in [-0.2, 0) is 19.1 Å². The van der Waals surface area contributed by atoms with Crippen LogP contribution in [0.3, 0.4) is 0 Å². The summed E-state index contributed by atoms with van der Waals surface area (Å²) in [5, 5.41) is 1.85. The van der Waals surface area contributed by atoms with Gasteiger partial charge in [-0.3, -0.25) is 9.59 Å². The molecule has 132 valence electrons. The number of esters is 3. The molecule has 1 aromatic heterocycles. The van der Waals surface area contributed by atoms with Gasteiger partial charge in [0, 0.05) is 13.8 Å². The van der Waals surface area contributed by atoms with E-state index in [1.165, 1.54) is 43.4 Å². The van der Waals surface area contributed by atoms with Gasteiger partial charge in [0.25, 0.3) is 0 Å². The van der Waals surface area contributed by atoms with E-state index in [1.807, 2.05) is 11.4 Å². The van der Waals surface area contributed by atoms with Crippen molar-refractivity contribution in [3.8, 4) is 11.5 Å². The van der Waals surface area contributed by atoms with Crippen molar-refractivity contribution in [1.82, 2.24) is 0 Å². The number of hydrogen-bond acceptors (Lipinski definition) is 8. The Morgan fingerprint density at radius 2 is 1.85 bits per heavy atom. The SMILES string of the molecule is CC(=O)Oc1ccc(C=C2N=C(c3cccs3)OC2=O)cc1OC(C)=O. The standard InChI is InChI=1S/C18H13NO6S/c1-10(20)23-14-6-5-12(9-15(14)24-11(2)21)8-13-18(22)25-17(19-13)16-4-3-7-26-16/h3-9H,1-2H3. The number of carbonyl (C=O) groups is 3. The van der Waals surface area contributed by atoms with Crippen molar-refractivity contribution >= 4 is 41.2 Å². The van der Waals surface area contributed by atoms with E-state index < -0.39 is 17.9 Å². The van der Waals surface area contributed by atoms with E-state index in [4.69, 9.17) is 14.2 Å². The third kappa shape index (κ3) is 4.04. The van der Waals surface area contributed by atoms with Gasteiger partial charge in [0.05, 0.1) is 4.88 Å². The van der Waals surface area contributed by atoms with Crippen LogP contribution < -0.4 is 9.47 Å². The zero-order chi connectivity index (χ0) is 18.7. The van der Waals surface area contributed by atoms with Gasteiger partial charge in [-0.25, -0.2) is 9.79 Å². The Morgan fingerprint density at radius 3 is 2.50 bits per heavy atom. The van der Waals surface area contributed by atoms with Crippen molar-refractivity contribution in [3.05, 3.63) is 51.8 Å². The Morgan fingerprint density at radius 1 is 1.12 bits per heavy atom. The summed E-state index contributed by atoms with van der Waals surface area (Å²) in [5.74, 6) is -1.28. The molecule has 0 N–H and O–H groups in total. The summed E-state index contributed by atoms with van der Waals surface area (Å²) >= 11 is 1.41. The van der Waals surface area contributed by atoms with Crippen molar-refractivity contribution < 1.29 is 28.6 Å². The molecule has 0 aliphatic carbocycles. The minimum atomic E-state index is -0.577. The first-order chi connectivity index (χ1) is 12.4. The number of ether oxygens (including phenoxy) is 3. The van der Waals surface area contributed by atoms with E-state index in [1.54, 1.807) is 12.1 Å². The first kappa shape index (κ1) is 17.6. The normalized spacial score (nSPS) is 14.8. The summed E-state index contributed by atoms with van der Waals surface area (Å²) in [4.78, 5) is 39.4. The summed E-state index contributed by atoms with van der Waals surface area (Å²) in [6.07, 6.45) is 1.49. The first-order valence-corrected chi connectivity index (χ1v) is 8.37. The lowest BCUT2D eigenvalue weighted by molar-refractivity contribution is -0.134.